The second-order valence-corrected chi connectivity index (χ2v) is 14.2. The van der Waals surface area contributed by atoms with Crippen molar-refractivity contribution in [2.24, 2.45) is 0 Å². The number of carbonyl (C=O) groups is 3. The maximum atomic E-state index is 13.4. The third-order valence-electron chi connectivity index (χ3n) is 6.34. The third-order valence-corrected chi connectivity index (χ3v) is 10.6. The van der Waals surface area contributed by atoms with Crippen LogP contribution < -0.4 is 19.7 Å². The summed E-state index contributed by atoms with van der Waals surface area (Å²) >= 11 is 9.07. The van der Waals surface area contributed by atoms with Gasteiger partial charge in [0.2, 0.25) is 0 Å². The summed E-state index contributed by atoms with van der Waals surface area (Å²) in [6.45, 7) is -1.00. The first kappa shape index (κ1) is 32.7. The number of aliphatic carboxylic acids is 2. The molecule has 2 aliphatic rings. The van der Waals surface area contributed by atoms with Gasteiger partial charge in [-0.05, 0) is 61.7 Å². The van der Waals surface area contributed by atoms with E-state index in [1.165, 1.54) is 24.9 Å². The number of carbonyl (C=O) groups excluding carboxylic acids is 1. The summed E-state index contributed by atoms with van der Waals surface area (Å²) in [5.74, 6) is -3.64. The highest BCUT2D eigenvalue weighted by molar-refractivity contribution is 8.03. The van der Waals surface area contributed by atoms with Gasteiger partial charge in [0, 0.05) is 23.4 Å². The summed E-state index contributed by atoms with van der Waals surface area (Å²) in [6.07, 6.45) is 5.81. The molecule has 1 aromatic carbocycles. The molecule has 1 aromatic heterocycles. The van der Waals surface area contributed by atoms with E-state index in [1.807, 2.05) is 29.4 Å². The van der Waals surface area contributed by atoms with E-state index in [4.69, 9.17) is 16.8 Å². The van der Waals surface area contributed by atoms with E-state index in [0.29, 0.717) is 13.0 Å². The van der Waals surface area contributed by atoms with Crippen LogP contribution >= 0.6 is 47.1 Å². The minimum absolute atomic E-state index is 0.0379. The van der Waals surface area contributed by atoms with Crippen LogP contribution in [0.15, 0.2) is 43.9 Å². The average Bonchev–Trinajstić information content (AvgIpc) is 3.49. The van der Waals surface area contributed by atoms with Gasteiger partial charge in [-0.25, -0.2) is 0 Å². The molecule has 2 aliphatic heterocycles. The Morgan fingerprint density at radius 2 is 1.77 bits per heavy atom. The predicted molar refractivity (Wildman–Crippen MR) is 168 cm³/mol. The molecule has 230 valence electrons. The Morgan fingerprint density at radius 1 is 1.07 bits per heavy atom. The Bertz CT molecular complexity index is 1830. The number of anilines is 1. The molecule has 4 rings (SSSR count). The molecule has 0 radical (unpaired) electrons. The van der Waals surface area contributed by atoms with Gasteiger partial charge in [-0.15, -0.1) is 23.1 Å². The number of thiazole rings is 1. The van der Waals surface area contributed by atoms with E-state index in [2.05, 4.69) is 0 Å². The van der Waals surface area contributed by atoms with Crippen molar-refractivity contribution in [1.82, 2.24) is 14.4 Å². The molecule has 1 amide bonds. The largest absolute Gasteiger partial charge is 0.480 e. The van der Waals surface area contributed by atoms with E-state index in [1.54, 1.807) is 17.8 Å². The number of amides is 1. The zero-order chi connectivity index (χ0) is 31.6. The van der Waals surface area contributed by atoms with Crippen LogP contribution in [0.5, 0.6) is 0 Å². The van der Waals surface area contributed by atoms with Crippen molar-refractivity contribution in [2.45, 2.75) is 29.2 Å². The van der Waals surface area contributed by atoms with E-state index < -0.39 is 46.6 Å². The number of nitrogens with zero attached hydrogens (tertiary/aromatic N) is 4. The molecule has 13 nitrogen and oxygen atoms in total. The summed E-state index contributed by atoms with van der Waals surface area (Å²) in [7, 11) is -2.73. The lowest BCUT2D eigenvalue weighted by Gasteiger charge is -2.20. The van der Waals surface area contributed by atoms with Crippen molar-refractivity contribution in [3.63, 3.8) is 0 Å². The van der Waals surface area contributed by atoms with Crippen LogP contribution in [0.3, 0.4) is 0 Å². The number of unbranched alkanes of at least 4 members (excludes halogenated alkanes) is 1. The monoisotopic (exact) mass is 686 g/mol. The number of aromatic nitrogens is 1. The van der Waals surface area contributed by atoms with E-state index in [0.717, 1.165) is 46.2 Å². The highest BCUT2D eigenvalue weighted by Crippen LogP contribution is 2.47. The van der Waals surface area contributed by atoms with Gasteiger partial charge in [0.05, 0.1) is 21.0 Å². The van der Waals surface area contributed by atoms with Crippen LogP contribution in [0.25, 0.3) is 11.8 Å². The van der Waals surface area contributed by atoms with Gasteiger partial charge in [-0.1, -0.05) is 11.8 Å². The fraction of sp³-hybridized carbons (Fsp3) is 0.320. The molecule has 0 unspecified atom stereocenters. The number of fused-ring (bicyclic) bond motifs is 1. The van der Waals surface area contributed by atoms with Crippen molar-refractivity contribution < 1.29 is 37.6 Å². The maximum Gasteiger partial charge on any atom is 0.323 e. The predicted octanol–water partition coefficient (Wildman–Crippen LogP) is 0.870. The van der Waals surface area contributed by atoms with Gasteiger partial charge in [0.1, 0.15) is 23.4 Å². The number of allylic oxidation sites excluding steroid dienone is 1. The molecule has 18 heteroatoms. The molecule has 2 aromatic rings. The zero-order valence-corrected chi connectivity index (χ0v) is 26.8. The van der Waals surface area contributed by atoms with Crippen LogP contribution in [0.1, 0.15) is 12.8 Å². The van der Waals surface area contributed by atoms with Crippen LogP contribution in [0, 0.1) is 0 Å². The Kier molecular flexibility index (Phi) is 10.1. The van der Waals surface area contributed by atoms with Crippen molar-refractivity contribution in [3.8, 4) is 0 Å². The minimum Gasteiger partial charge on any atom is -0.480 e. The molecule has 43 heavy (non-hydrogen) atoms. The molecule has 0 atom stereocenters. The van der Waals surface area contributed by atoms with Crippen molar-refractivity contribution in [1.29, 1.82) is 0 Å². The first-order valence-electron chi connectivity index (χ1n) is 12.5. The molecule has 1 saturated heterocycles. The number of thioether (sulfide) groups is 2. The van der Waals surface area contributed by atoms with Gasteiger partial charge >= 0.3 is 11.9 Å². The third kappa shape index (κ3) is 7.32. The van der Waals surface area contributed by atoms with Crippen molar-refractivity contribution in [2.75, 3.05) is 37.0 Å². The normalized spacial score (nSPS) is 17.9. The number of carboxylic acids is 2. The standard InChI is InChI=1S/C25H26N4O9S5/c1-26-23(35)21(28(25(26)39)12-19(30)31)24-29(13-20(32)33)22(34)17(42-24)7-8-18-27(9-3-4-10-43(36,37)38)15-11-14(40-2)5-6-16(15)41-18/h5-8,11H,3-4,9-10,12-13H2,1-2H3,(H,30,31)(H,32,33)(H,36,37,38)/b17-7-,18-8+,24-21+. The average molecular weight is 687 g/mol. The number of thiocarbonyl (C=S) groups is 1. The summed E-state index contributed by atoms with van der Waals surface area (Å²) in [5.41, 5.74) is 0.0184. The topological polar surface area (TPSA) is 178 Å². The fourth-order valence-corrected chi connectivity index (χ4v) is 7.79. The van der Waals surface area contributed by atoms with Crippen LogP contribution in [0.4, 0.5) is 5.69 Å². The number of hydrogen-bond acceptors (Lipinski definition) is 11. The smallest absolute Gasteiger partial charge is 0.323 e. The van der Waals surface area contributed by atoms with Crippen LogP contribution in [0.2, 0.25) is 0 Å². The lowest BCUT2D eigenvalue weighted by molar-refractivity contribution is -0.138. The molecule has 0 aliphatic carbocycles. The van der Waals surface area contributed by atoms with Crippen LogP contribution in [-0.4, -0.2) is 92.7 Å². The fourth-order valence-electron chi connectivity index (χ4n) is 4.38. The summed E-state index contributed by atoms with van der Waals surface area (Å²) in [5, 5.41) is 19.5. The second kappa shape index (κ2) is 13.2. The Balaban J connectivity index is 1.83. The highest BCUT2D eigenvalue weighted by atomic mass is 32.2. The molecular formula is C25H26N4O9S5. The van der Waals surface area contributed by atoms with Gasteiger partial charge < -0.3 is 15.1 Å². The van der Waals surface area contributed by atoms with Gasteiger partial charge in [0.15, 0.2) is 5.11 Å². The molecule has 3 heterocycles. The van der Waals surface area contributed by atoms with Gasteiger partial charge in [-0.2, -0.15) is 8.42 Å². The first-order valence-corrected chi connectivity index (χ1v) is 17.4. The summed E-state index contributed by atoms with van der Waals surface area (Å²) in [4.78, 5) is 55.7. The molecule has 3 N–H and O–H groups in total. The summed E-state index contributed by atoms with van der Waals surface area (Å²) in [6, 6.07) is 5.92. The number of hydrogen-bond donors (Lipinski definition) is 3. The highest BCUT2D eigenvalue weighted by Gasteiger charge is 2.38. The van der Waals surface area contributed by atoms with Crippen molar-refractivity contribution >= 4 is 97.6 Å². The molecule has 0 bridgehead atoms. The van der Waals surface area contributed by atoms with E-state index in [-0.39, 0.29) is 32.2 Å². The quantitative estimate of drug-likeness (QED) is 0.131. The van der Waals surface area contributed by atoms with Crippen molar-refractivity contribution in [3.05, 3.63) is 48.9 Å². The lowest BCUT2D eigenvalue weighted by atomic mass is 10.2. The SMILES string of the molecule is CSc1ccc2c(c1)N(CCCCS(=O)(=O)O)/C(=C\C=c1/s/c(=C3\C(=O)N(C)C(=S)N3CC(=O)O)n(CC(=O)O)c1=O)S2. The van der Waals surface area contributed by atoms with E-state index >= 15 is 0 Å². The minimum atomic E-state index is -4.09. The molecule has 0 saturated carbocycles. The Morgan fingerprint density at radius 3 is 2.40 bits per heavy atom. The maximum absolute atomic E-state index is 13.4. The number of benzene rings is 1. The number of carboxylic acid groups (broad SMARTS) is 2. The second-order valence-electron chi connectivity index (χ2n) is 9.28. The Labute approximate surface area is 263 Å². The van der Waals surface area contributed by atoms with Gasteiger partial charge in [0.25, 0.3) is 21.6 Å². The molecular weight excluding hydrogens is 661 g/mol. The lowest BCUT2D eigenvalue weighted by Crippen LogP contribution is -2.38. The molecule has 1 fully saturated rings. The Hall–Kier alpha value is -3.16. The number of rotatable bonds is 11. The number of likely N-dealkylation sites (N-methyl/N-ethyl adjacent to an activating group) is 1. The first-order chi connectivity index (χ1) is 20.2. The van der Waals surface area contributed by atoms with E-state index in [9.17, 15) is 37.8 Å². The van der Waals surface area contributed by atoms with Gasteiger partial charge in [-0.3, -0.25) is 38.1 Å². The van der Waals surface area contributed by atoms with Crippen LogP contribution in [-0.2, 0) is 31.0 Å². The zero-order valence-electron chi connectivity index (χ0n) is 22.8. The summed E-state index contributed by atoms with van der Waals surface area (Å²) < 4.78 is 32.4. The molecule has 0 spiro atoms.